The number of aliphatic hydroxyl groups is 1. The first-order chi connectivity index (χ1) is 15.5. The number of likely N-dealkylation sites (N-methyl/N-ethyl adjacent to an activating group) is 1. The largest absolute Gasteiger partial charge is 0.493 e. The van der Waals surface area contributed by atoms with Gasteiger partial charge in [-0.25, -0.2) is 0 Å². The summed E-state index contributed by atoms with van der Waals surface area (Å²) in [7, 11) is 3.88. The summed E-state index contributed by atoms with van der Waals surface area (Å²) in [6, 6.07) is 6.51. The number of hydrogen-bond donors (Lipinski definition) is 1. The molecule has 3 aliphatic rings. The lowest BCUT2D eigenvalue weighted by atomic mass is 9.99. The lowest BCUT2D eigenvalue weighted by molar-refractivity contribution is 0.0512. The number of rotatable bonds is 8. The zero-order valence-corrected chi connectivity index (χ0v) is 20.2. The molecule has 4 rings (SSSR count). The van der Waals surface area contributed by atoms with E-state index in [1.54, 1.807) is 7.11 Å². The van der Waals surface area contributed by atoms with Crippen molar-refractivity contribution in [2.75, 3.05) is 79.7 Å². The van der Waals surface area contributed by atoms with Crippen LogP contribution in [-0.4, -0.2) is 117 Å². The SMILES string of the molecule is COc1cc(CN2C[C@H](O)[C@@H](N3CCN(C)CC3)C2)ccc1OCCN1CCC(C)CC1. The number of piperazine rings is 1. The third-order valence-electron chi connectivity index (χ3n) is 7.52. The first kappa shape index (κ1) is 23.8. The van der Waals surface area contributed by atoms with Gasteiger partial charge in [0.05, 0.1) is 13.2 Å². The molecule has 7 heteroatoms. The van der Waals surface area contributed by atoms with E-state index in [0.29, 0.717) is 6.61 Å². The zero-order valence-electron chi connectivity index (χ0n) is 20.2. The van der Waals surface area contributed by atoms with Crippen LogP contribution >= 0.6 is 0 Å². The second kappa shape index (κ2) is 11.2. The van der Waals surface area contributed by atoms with Gasteiger partial charge < -0.3 is 19.5 Å². The lowest BCUT2D eigenvalue weighted by Gasteiger charge is -2.37. The molecule has 0 radical (unpaired) electrons. The topological polar surface area (TPSA) is 51.7 Å². The summed E-state index contributed by atoms with van der Waals surface area (Å²) in [4.78, 5) is 9.68. The molecule has 0 unspecified atom stereocenters. The predicted molar refractivity (Wildman–Crippen MR) is 127 cm³/mol. The van der Waals surface area contributed by atoms with Gasteiger partial charge >= 0.3 is 0 Å². The smallest absolute Gasteiger partial charge is 0.161 e. The number of hydrogen-bond acceptors (Lipinski definition) is 7. The summed E-state index contributed by atoms with van der Waals surface area (Å²) in [5, 5.41) is 10.7. The monoisotopic (exact) mass is 446 g/mol. The van der Waals surface area contributed by atoms with E-state index in [1.807, 2.05) is 6.07 Å². The second-order valence-electron chi connectivity index (χ2n) is 10.0. The minimum atomic E-state index is -0.277. The normalized spacial score (nSPS) is 27.1. The minimum Gasteiger partial charge on any atom is -0.493 e. The van der Waals surface area contributed by atoms with Crippen molar-refractivity contribution in [3.8, 4) is 11.5 Å². The molecule has 32 heavy (non-hydrogen) atoms. The van der Waals surface area contributed by atoms with Crippen molar-refractivity contribution in [3.63, 3.8) is 0 Å². The summed E-state index contributed by atoms with van der Waals surface area (Å²) in [5.41, 5.74) is 1.20. The maximum atomic E-state index is 10.7. The Labute approximate surface area is 193 Å². The van der Waals surface area contributed by atoms with Gasteiger partial charge in [-0.05, 0) is 56.6 Å². The molecule has 0 spiro atoms. The van der Waals surface area contributed by atoms with Crippen molar-refractivity contribution < 1.29 is 14.6 Å². The van der Waals surface area contributed by atoms with Crippen LogP contribution in [0.4, 0.5) is 0 Å². The Bertz CT molecular complexity index is 717. The fourth-order valence-electron chi connectivity index (χ4n) is 5.25. The van der Waals surface area contributed by atoms with Crippen LogP contribution in [0.3, 0.4) is 0 Å². The molecule has 3 fully saturated rings. The number of aliphatic hydroxyl groups excluding tert-OH is 1. The van der Waals surface area contributed by atoms with Gasteiger partial charge in [0.1, 0.15) is 6.61 Å². The molecule has 2 atom stereocenters. The highest BCUT2D eigenvalue weighted by molar-refractivity contribution is 5.43. The van der Waals surface area contributed by atoms with E-state index in [4.69, 9.17) is 9.47 Å². The van der Waals surface area contributed by atoms with Crippen LogP contribution in [0.2, 0.25) is 0 Å². The highest BCUT2D eigenvalue weighted by Crippen LogP contribution is 2.29. The van der Waals surface area contributed by atoms with E-state index in [-0.39, 0.29) is 12.1 Å². The number of β-amino-alcohol motifs (C(OH)–C–C–N with tert-alkyl or cyclic N) is 1. The minimum absolute atomic E-state index is 0.242. The van der Waals surface area contributed by atoms with Crippen LogP contribution in [0, 0.1) is 5.92 Å². The maximum absolute atomic E-state index is 10.7. The molecule has 7 nitrogen and oxygen atoms in total. The van der Waals surface area contributed by atoms with E-state index < -0.39 is 0 Å². The molecule has 3 heterocycles. The number of methoxy groups -OCH3 is 1. The molecule has 1 aromatic rings. The fourth-order valence-corrected chi connectivity index (χ4v) is 5.25. The first-order valence-electron chi connectivity index (χ1n) is 12.4. The van der Waals surface area contributed by atoms with Gasteiger partial charge in [0, 0.05) is 58.4 Å². The van der Waals surface area contributed by atoms with Gasteiger partial charge in [-0.1, -0.05) is 13.0 Å². The van der Waals surface area contributed by atoms with Crippen molar-refractivity contribution in [1.29, 1.82) is 0 Å². The average Bonchev–Trinajstić information content (AvgIpc) is 3.16. The Hall–Kier alpha value is -1.38. The zero-order chi connectivity index (χ0) is 22.5. The highest BCUT2D eigenvalue weighted by Gasteiger charge is 2.36. The van der Waals surface area contributed by atoms with Gasteiger partial charge in [-0.3, -0.25) is 14.7 Å². The summed E-state index contributed by atoms with van der Waals surface area (Å²) < 4.78 is 11.7. The molecule has 0 amide bonds. The van der Waals surface area contributed by atoms with Crippen molar-refractivity contribution >= 4 is 0 Å². The summed E-state index contributed by atoms with van der Waals surface area (Å²) >= 11 is 0. The highest BCUT2D eigenvalue weighted by atomic mass is 16.5. The van der Waals surface area contributed by atoms with Crippen molar-refractivity contribution in [2.45, 2.75) is 38.5 Å². The van der Waals surface area contributed by atoms with E-state index in [0.717, 1.165) is 69.8 Å². The van der Waals surface area contributed by atoms with E-state index >= 15 is 0 Å². The molecule has 3 saturated heterocycles. The van der Waals surface area contributed by atoms with Crippen LogP contribution in [0.5, 0.6) is 11.5 Å². The molecule has 180 valence electrons. The second-order valence-corrected chi connectivity index (χ2v) is 10.0. The van der Waals surface area contributed by atoms with Gasteiger partial charge in [0.15, 0.2) is 11.5 Å². The van der Waals surface area contributed by atoms with Gasteiger partial charge in [-0.15, -0.1) is 0 Å². The number of ether oxygens (including phenoxy) is 2. The van der Waals surface area contributed by atoms with E-state index in [2.05, 4.69) is 45.7 Å². The van der Waals surface area contributed by atoms with Crippen molar-refractivity contribution in [1.82, 2.24) is 19.6 Å². The van der Waals surface area contributed by atoms with Gasteiger partial charge in [0.2, 0.25) is 0 Å². The van der Waals surface area contributed by atoms with Crippen LogP contribution in [0.25, 0.3) is 0 Å². The Balaban J connectivity index is 1.27. The predicted octanol–water partition coefficient (Wildman–Crippen LogP) is 1.60. The average molecular weight is 447 g/mol. The molecule has 0 saturated carbocycles. The van der Waals surface area contributed by atoms with Gasteiger partial charge in [-0.2, -0.15) is 0 Å². The molecule has 1 aromatic carbocycles. The molecule has 1 N–H and O–H groups in total. The third-order valence-corrected chi connectivity index (χ3v) is 7.52. The maximum Gasteiger partial charge on any atom is 0.161 e. The van der Waals surface area contributed by atoms with Crippen molar-refractivity contribution in [2.24, 2.45) is 5.92 Å². The summed E-state index contributed by atoms with van der Waals surface area (Å²) in [6.45, 7) is 13.1. The number of piperidine rings is 1. The van der Waals surface area contributed by atoms with Crippen LogP contribution in [0.15, 0.2) is 18.2 Å². The third kappa shape index (κ3) is 6.14. The quantitative estimate of drug-likeness (QED) is 0.651. The number of benzene rings is 1. The molecular formula is C25H42N4O3. The molecule has 0 aromatic heterocycles. The van der Waals surface area contributed by atoms with Crippen LogP contribution < -0.4 is 9.47 Å². The van der Waals surface area contributed by atoms with E-state index in [9.17, 15) is 5.11 Å². The Morgan fingerprint density at radius 1 is 0.969 bits per heavy atom. The molecule has 0 bridgehead atoms. The summed E-state index contributed by atoms with van der Waals surface area (Å²) in [6.07, 6.45) is 2.30. The Kier molecular flexibility index (Phi) is 8.29. The Morgan fingerprint density at radius 3 is 2.44 bits per heavy atom. The number of nitrogens with zero attached hydrogens (tertiary/aromatic N) is 4. The van der Waals surface area contributed by atoms with Crippen molar-refractivity contribution in [3.05, 3.63) is 23.8 Å². The molecule has 3 aliphatic heterocycles. The molecule has 0 aliphatic carbocycles. The fraction of sp³-hybridized carbons (Fsp3) is 0.760. The van der Waals surface area contributed by atoms with E-state index in [1.165, 1.54) is 31.5 Å². The van der Waals surface area contributed by atoms with Gasteiger partial charge in [0.25, 0.3) is 0 Å². The lowest BCUT2D eigenvalue weighted by Crippen LogP contribution is -2.52. The first-order valence-corrected chi connectivity index (χ1v) is 12.4. The standard InChI is InChI=1S/C25H42N4O3/c1-20-6-8-27(9-7-20)14-15-32-24-5-4-21(16-25(24)31-3)17-28-18-22(23(30)19-28)29-12-10-26(2)11-13-29/h4-5,16,20,22-23,30H,6-15,17-19H2,1-3H3/t22-,23-/m0/s1. The molecular weight excluding hydrogens is 404 g/mol. The number of likely N-dealkylation sites (tertiary alicyclic amines) is 2. The summed E-state index contributed by atoms with van der Waals surface area (Å²) in [5.74, 6) is 2.47. The van der Waals surface area contributed by atoms with Crippen LogP contribution in [-0.2, 0) is 6.54 Å². The van der Waals surface area contributed by atoms with Crippen LogP contribution in [0.1, 0.15) is 25.3 Å². The Morgan fingerprint density at radius 2 is 1.72 bits per heavy atom.